The number of hydrogen-bond acceptors (Lipinski definition) is 6. The van der Waals surface area contributed by atoms with Gasteiger partial charge in [0.1, 0.15) is 13.2 Å². The first-order valence-electron chi connectivity index (χ1n) is 36.4. The van der Waals surface area contributed by atoms with Crippen molar-refractivity contribution in [2.75, 3.05) is 13.2 Å². The largest absolute Gasteiger partial charge is 0.462 e. The molecule has 6 heteroatoms. The van der Waals surface area contributed by atoms with Gasteiger partial charge in [-0.05, 0) is 116 Å². The molecule has 0 radical (unpaired) electrons. The zero-order chi connectivity index (χ0) is 59.9. The lowest BCUT2D eigenvalue weighted by Crippen LogP contribution is -2.30. The maximum absolute atomic E-state index is 13.0. The van der Waals surface area contributed by atoms with Crippen LogP contribution in [0.3, 0.4) is 0 Å². The maximum atomic E-state index is 13.0. The highest BCUT2D eigenvalue weighted by molar-refractivity contribution is 5.71. The van der Waals surface area contributed by atoms with Crippen LogP contribution in [-0.2, 0) is 28.6 Å². The third-order valence-electron chi connectivity index (χ3n) is 16.2. The highest BCUT2D eigenvalue weighted by Crippen LogP contribution is 2.17. The molecule has 0 aliphatic carbocycles. The second-order valence-corrected chi connectivity index (χ2v) is 24.5. The van der Waals surface area contributed by atoms with Crippen LogP contribution in [0.15, 0.2) is 72.9 Å². The van der Waals surface area contributed by atoms with Crippen molar-refractivity contribution in [2.45, 2.75) is 386 Å². The Morgan fingerprint density at radius 1 is 0.241 bits per heavy atom. The Morgan fingerprint density at radius 2 is 0.434 bits per heavy atom. The standard InChI is InChI=1S/C77H138O6/c1-4-7-10-13-16-19-22-25-28-30-32-34-36-38-40-42-44-46-49-52-55-58-61-64-67-70-76(79)82-73-74(72-81-75(78)69-66-63-60-57-54-51-48-27-24-21-18-15-12-9-6-3)83-77(80)71-68-65-62-59-56-53-50-47-45-43-41-39-37-35-33-31-29-26-23-20-17-14-11-8-5-2/h18,21-22,25,27,30-33,36,38,48,74H,4-17,19-20,23-24,26,28-29,34-35,37,39-47,49-73H2,1-3H3/b21-18-,25-22-,32-30-,33-31-,38-36-,48-27-. The smallest absolute Gasteiger partial charge is 0.306 e. The molecule has 0 amide bonds. The van der Waals surface area contributed by atoms with E-state index in [0.29, 0.717) is 19.3 Å². The Labute approximate surface area is 516 Å². The number of rotatable bonds is 67. The first-order valence-corrected chi connectivity index (χ1v) is 36.4. The van der Waals surface area contributed by atoms with Gasteiger partial charge in [0, 0.05) is 19.3 Å². The molecule has 482 valence electrons. The number of carbonyl (C=O) groups is 3. The Balaban J connectivity index is 4.31. The molecule has 0 bridgehead atoms. The van der Waals surface area contributed by atoms with Crippen molar-refractivity contribution in [1.82, 2.24) is 0 Å². The summed E-state index contributed by atoms with van der Waals surface area (Å²) in [5, 5.41) is 0. The minimum atomic E-state index is -0.785. The second-order valence-electron chi connectivity index (χ2n) is 24.5. The van der Waals surface area contributed by atoms with Crippen LogP contribution in [-0.4, -0.2) is 37.2 Å². The molecule has 0 saturated heterocycles. The van der Waals surface area contributed by atoms with Crippen molar-refractivity contribution in [3.05, 3.63) is 72.9 Å². The fourth-order valence-corrected chi connectivity index (χ4v) is 10.7. The van der Waals surface area contributed by atoms with E-state index in [-0.39, 0.29) is 31.1 Å². The maximum Gasteiger partial charge on any atom is 0.306 e. The van der Waals surface area contributed by atoms with E-state index in [4.69, 9.17) is 14.2 Å². The summed E-state index contributed by atoms with van der Waals surface area (Å²) in [7, 11) is 0. The molecular weight excluding hydrogens is 1020 g/mol. The lowest BCUT2D eigenvalue weighted by Gasteiger charge is -2.18. The van der Waals surface area contributed by atoms with Gasteiger partial charge in [0.05, 0.1) is 0 Å². The lowest BCUT2D eigenvalue weighted by molar-refractivity contribution is -0.167. The van der Waals surface area contributed by atoms with Crippen LogP contribution in [0.25, 0.3) is 0 Å². The summed E-state index contributed by atoms with van der Waals surface area (Å²) in [6.07, 6.45) is 93.6. The highest BCUT2D eigenvalue weighted by atomic mass is 16.6. The molecule has 0 aromatic rings. The molecule has 0 fully saturated rings. The monoisotopic (exact) mass is 1160 g/mol. The van der Waals surface area contributed by atoms with E-state index in [0.717, 1.165) is 89.9 Å². The van der Waals surface area contributed by atoms with Crippen LogP contribution in [0.1, 0.15) is 380 Å². The minimum absolute atomic E-state index is 0.0797. The van der Waals surface area contributed by atoms with Gasteiger partial charge in [-0.1, -0.05) is 318 Å². The highest BCUT2D eigenvalue weighted by Gasteiger charge is 2.19. The Morgan fingerprint density at radius 3 is 0.711 bits per heavy atom. The van der Waals surface area contributed by atoms with Gasteiger partial charge in [0.25, 0.3) is 0 Å². The lowest BCUT2D eigenvalue weighted by atomic mass is 10.0. The van der Waals surface area contributed by atoms with Crippen LogP contribution < -0.4 is 0 Å². The summed E-state index contributed by atoms with van der Waals surface area (Å²) >= 11 is 0. The van der Waals surface area contributed by atoms with E-state index >= 15 is 0 Å². The average Bonchev–Trinajstić information content (AvgIpc) is 3.49. The van der Waals surface area contributed by atoms with Crippen LogP contribution in [0.2, 0.25) is 0 Å². The molecule has 0 aliphatic heterocycles. The van der Waals surface area contributed by atoms with Crippen molar-refractivity contribution in [3.8, 4) is 0 Å². The van der Waals surface area contributed by atoms with Gasteiger partial charge in [-0.3, -0.25) is 14.4 Å². The zero-order valence-corrected chi connectivity index (χ0v) is 55.5. The summed E-state index contributed by atoms with van der Waals surface area (Å²) < 4.78 is 17.0. The fraction of sp³-hybridized carbons (Fsp3) is 0.805. The van der Waals surface area contributed by atoms with Crippen LogP contribution in [0.4, 0.5) is 0 Å². The molecule has 6 nitrogen and oxygen atoms in total. The molecule has 0 N–H and O–H groups in total. The molecule has 0 aromatic heterocycles. The van der Waals surface area contributed by atoms with Gasteiger partial charge < -0.3 is 14.2 Å². The first kappa shape index (κ1) is 79.8. The summed E-state index contributed by atoms with van der Waals surface area (Å²) in [5.74, 6) is -0.876. The van der Waals surface area contributed by atoms with Crippen molar-refractivity contribution in [3.63, 3.8) is 0 Å². The van der Waals surface area contributed by atoms with E-state index in [2.05, 4.69) is 93.7 Å². The number of carbonyl (C=O) groups excluding carboxylic acids is 3. The van der Waals surface area contributed by atoms with E-state index in [1.165, 1.54) is 250 Å². The number of unbranched alkanes of at least 4 members (excludes halogenated alkanes) is 44. The molecule has 0 spiro atoms. The molecule has 83 heavy (non-hydrogen) atoms. The number of ether oxygens (including phenoxy) is 3. The Bertz CT molecular complexity index is 1520. The molecule has 1 unspecified atom stereocenters. The van der Waals surface area contributed by atoms with Crippen molar-refractivity contribution >= 4 is 17.9 Å². The third kappa shape index (κ3) is 69.5. The van der Waals surface area contributed by atoms with E-state index < -0.39 is 6.10 Å². The fourth-order valence-electron chi connectivity index (χ4n) is 10.7. The first-order chi connectivity index (χ1) is 41.0. The number of hydrogen-bond donors (Lipinski definition) is 0. The predicted molar refractivity (Wildman–Crippen MR) is 362 cm³/mol. The molecule has 0 aliphatic rings. The molecular formula is C77H138O6. The molecule has 0 aromatic carbocycles. The van der Waals surface area contributed by atoms with E-state index in [1.807, 2.05) is 0 Å². The molecule has 0 heterocycles. The van der Waals surface area contributed by atoms with Gasteiger partial charge in [-0.25, -0.2) is 0 Å². The van der Waals surface area contributed by atoms with Crippen molar-refractivity contribution in [1.29, 1.82) is 0 Å². The SMILES string of the molecule is CCCCC/C=C\C/C=C\CCCCCCCC(=O)OCC(COC(=O)CCCCCCCCCCCC/C=C\C/C=C\C/C=C\CCCCCCC)OC(=O)CCCCCCCCCCCCCCC/C=C\CCCCCCCCCC. The Kier molecular flexibility index (Phi) is 68.6. The number of allylic oxidation sites excluding steroid dienone is 12. The van der Waals surface area contributed by atoms with Crippen molar-refractivity contribution < 1.29 is 28.6 Å². The Hall–Kier alpha value is -3.15. The quantitative estimate of drug-likeness (QED) is 0.0261. The predicted octanol–water partition coefficient (Wildman–Crippen LogP) is 25.2. The van der Waals surface area contributed by atoms with Crippen LogP contribution in [0.5, 0.6) is 0 Å². The van der Waals surface area contributed by atoms with Gasteiger partial charge in [0.2, 0.25) is 0 Å². The summed E-state index contributed by atoms with van der Waals surface area (Å²) in [4.78, 5) is 38.5. The molecule has 0 saturated carbocycles. The zero-order valence-electron chi connectivity index (χ0n) is 55.5. The normalized spacial score (nSPS) is 12.5. The number of esters is 3. The van der Waals surface area contributed by atoms with Crippen LogP contribution >= 0.6 is 0 Å². The summed E-state index contributed by atoms with van der Waals surface area (Å²) in [6, 6.07) is 0. The van der Waals surface area contributed by atoms with Gasteiger partial charge >= 0.3 is 17.9 Å². The third-order valence-corrected chi connectivity index (χ3v) is 16.2. The topological polar surface area (TPSA) is 78.9 Å². The van der Waals surface area contributed by atoms with E-state index in [9.17, 15) is 14.4 Å². The minimum Gasteiger partial charge on any atom is -0.462 e. The van der Waals surface area contributed by atoms with Gasteiger partial charge in [-0.2, -0.15) is 0 Å². The van der Waals surface area contributed by atoms with E-state index in [1.54, 1.807) is 0 Å². The van der Waals surface area contributed by atoms with Gasteiger partial charge in [-0.15, -0.1) is 0 Å². The van der Waals surface area contributed by atoms with Crippen molar-refractivity contribution in [2.24, 2.45) is 0 Å². The summed E-state index contributed by atoms with van der Waals surface area (Å²) in [6.45, 7) is 6.64. The van der Waals surface area contributed by atoms with Gasteiger partial charge in [0.15, 0.2) is 6.10 Å². The second kappa shape index (κ2) is 71.3. The van der Waals surface area contributed by atoms with Crippen LogP contribution in [0, 0.1) is 0 Å². The summed E-state index contributed by atoms with van der Waals surface area (Å²) in [5.41, 5.74) is 0. The molecule has 0 rings (SSSR count). The molecule has 1 atom stereocenters. The average molecular weight is 1160 g/mol.